The molecule has 1 unspecified atom stereocenters. The molecule has 1 amide bonds. The van der Waals surface area contributed by atoms with E-state index >= 15 is 0 Å². The van der Waals surface area contributed by atoms with Crippen LogP contribution in [0.15, 0.2) is 53.4 Å². The molecule has 1 aliphatic heterocycles. The van der Waals surface area contributed by atoms with Crippen LogP contribution < -0.4 is 9.64 Å². The van der Waals surface area contributed by atoms with Crippen LogP contribution in [0.2, 0.25) is 5.02 Å². The number of hydrogen-bond donors (Lipinski definition) is 1. The monoisotopic (exact) mass is 419 g/mol. The second kappa shape index (κ2) is 8.12. The highest BCUT2D eigenvalue weighted by atomic mass is 35.5. The van der Waals surface area contributed by atoms with Gasteiger partial charge in [0.1, 0.15) is 5.75 Å². The Labute approximate surface area is 170 Å². The smallest absolute Gasteiger partial charge is 0.344 e. The molecule has 8 heteroatoms. The van der Waals surface area contributed by atoms with Gasteiger partial charge < -0.3 is 9.84 Å². The second-order valence-corrected chi connectivity index (χ2v) is 7.78. The van der Waals surface area contributed by atoms with Crippen LogP contribution in [0.1, 0.15) is 12.5 Å². The third-order valence-electron chi connectivity index (χ3n) is 3.68. The van der Waals surface area contributed by atoms with Crippen molar-refractivity contribution >= 4 is 63.5 Å². The van der Waals surface area contributed by atoms with Crippen molar-refractivity contribution in [2.75, 3.05) is 4.90 Å². The number of benzene rings is 2. The lowest BCUT2D eigenvalue weighted by Crippen LogP contribution is -2.27. The van der Waals surface area contributed by atoms with Crippen molar-refractivity contribution in [2.45, 2.75) is 13.0 Å². The molecule has 1 saturated heterocycles. The van der Waals surface area contributed by atoms with Gasteiger partial charge in [-0.2, -0.15) is 0 Å². The molecule has 138 valence electrons. The van der Waals surface area contributed by atoms with E-state index in [1.165, 1.54) is 23.6 Å². The summed E-state index contributed by atoms with van der Waals surface area (Å²) in [6.07, 6.45) is 0.726. The van der Waals surface area contributed by atoms with Crippen LogP contribution in [0.5, 0.6) is 5.75 Å². The van der Waals surface area contributed by atoms with Crippen molar-refractivity contribution in [1.29, 1.82) is 0 Å². The number of carbonyl (C=O) groups is 2. The van der Waals surface area contributed by atoms with Gasteiger partial charge in [-0.15, -0.1) is 0 Å². The first-order valence-electron chi connectivity index (χ1n) is 7.88. The third kappa shape index (κ3) is 4.50. The molecule has 0 radical (unpaired) electrons. The topological polar surface area (TPSA) is 66.8 Å². The maximum Gasteiger partial charge on any atom is 0.344 e. The molecule has 0 bridgehead atoms. The molecule has 2 aromatic rings. The first-order valence-corrected chi connectivity index (χ1v) is 9.48. The molecule has 1 heterocycles. The van der Waals surface area contributed by atoms with E-state index in [0.717, 1.165) is 0 Å². The molecule has 1 atom stereocenters. The van der Waals surface area contributed by atoms with Crippen LogP contribution in [-0.4, -0.2) is 27.4 Å². The van der Waals surface area contributed by atoms with Crippen molar-refractivity contribution < 1.29 is 19.4 Å². The molecule has 3 rings (SSSR count). The molecule has 0 spiro atoms. The van der Waals surface area contributed by atoms with Crippen molar-refractivity contribution in [3.63, 3.8) is 0 Å². The Bertz CT molecular complexity index is 960. The van der Waals surface area contributed by atoms with Gasteiger partial charge >= 0.3 is 5.97 Å². The number of ether oxygens (including phenoxy) is 1. The number of amides is 1. The number of halogens is 1. The molecule has 1 fully saturated rings. The summed E-state index contributed by atoms with van der Waals surface area (Å²) >= 11 is 12.5. The Morgan fingerprint density at radius 3 is 2.74 bits per heavy atom. The van der Waals surface area contributed by atoms with E-state index in [4.69, 9.17) is 33.7 Å². The fourth-order valence-electron chi connectivity index (χ4n) is 2.39. The Balaban J connectivity index is 1.85. The summed E-state index contributed by atoms with van der Waals surface area (Å²) in [5.41, 5.74) is 1.32. The van der Waals surface area contributed by atoms with E-state index in [0.29, 0.717) is 31.2 Å². The van der Waals surface area contributed by atoms with Gasteiger partial charge in [-0.1, -0.05) is 53.8 Å². The van der Waals surface area contributed by atoms with E-state index in [2.05, 4.69) is 0 Å². The Kier molecular flexibility index (Phi) is 5.84. The number of anilines is 1. The molecule has 0 aromatic heterocycles. The van der Waals surface area contributed by atoms with E-state index in [1.807, 2.05) is 0 Å². The molecular weight excluding hydrogens is 406 g/mol. The lowest BCUT2D eigenvalue weighted by atomic mass is 10.2. The minimum atomic E-state index is -1.05. The molecule has 0 saturated carbocycles. The van der Waals surface area contributed by atoms with Gasteiger partial charge in [-0.05, 0) is 48.9 Å². The first-order chi connectivity index (χ1) is 12.8. The second-order valence-electron chi connectivity index (χ2n) is 5.67. The predicted molar refractivity (Wildman–Crippen MR) is 111 cm³/mol. The summed E-state index contributed by atoms with van der Waals surface area (Å²) in [4.78, 5) is 25.6. The lowest BCUT2D eigenvalue weighted by molar-refractivity contribution is -0.144. The van der Waals surface area contributed by atoms with Gasteiger partial charge in [-0.3, -0.25) is 9.69 Å². The number of nitrogens with zero attached hydrogens (tertiary/aromatic N) is 1. The van der Waals surface area contributed by atoms with Crippen LogP contribution >= 0.6 is 35.6 Å². The molecular formula is C19H14ClNO4S2. The number of carboxylic acid groups (broad SMARTS) is 1. The summed E-state index contributed by atoms with van der Waals surface area (Å²) in [5.74, 6) is -0.885. The zero-order valence-electron chi connectivity index (χ0n) is 14.1. The molecule has 1 N–H and O–H groups in total. The fourth-order valence-corrected chi connectivity index (χ4v) is 3.87. The van der Waals surface area contributed by atoms with Gasteiger partial charge in [0.05, 0.1) is 10.6 Å². The average Bonchev–Trinajstić information content (AvgIpc) is 2.88. The van der Waals surface area contributed by atoms with E-state index in [9.17, 15) is 9.59 Å². The lowest BCUT2D eigenvalue weighted by Gasteiger charge is -2.14. The van der Waals surface area contributed by atoms with E-state index < -0.39 is 12.1 Å². The summed E-state index contributed by atoms with van der Waals surface area (Å²) in [5, 5.41) is 9.47. The van der Waals surface area contributed by atoms with E-state index in [1.54, 1.807) is 54.6 Å². The van der Waals surface area contributed by atoms with Gasteiger partial charge in [-0.25, -0.2) is 4.79 Å². The first kappa shape index (κ1) is 19.4. The maximum atomic E-state index is 12.8. The standard InChI is InChI=1S/C19H14ClNO4S2/c1-11(18(23)24)25-15-7-2-4-12(8-15)9-16-17(22)21(19(26)27-16)14-6-3-5-13(20)10-14/h2-11H,1H3,(H,23,24)/b16-9+. The molecule has 27 heavy (non-hydrogen) atoms. The van der Waals surface area contributed by atoms with Crippen LogP contribution in [-0.2, 0) is 9.59 Å². The zero-order valence-corrected chi connectivity index (χ0v) is 16.5. The van der Waals surface area contributed by atoms with Crippen LogP contribution in [0.25, 0.3) is 6.08 Å². The highest BCUT2D eigenvalue weighted by molar-refractivity contribution is 8.27. The summed E-state index contributed by atoms with van der Waals surface area (Å²) < 4.78 is 5.78. The normalized spacial score (nSPS) is 16.7. The maximum absolute atomic E-state index is 12.8. The predicted octanol–water partition coefficient (Wildman–Crippen LogP) is 4.60. The quantitative estimate of drug-likeness (QED) is 0.564. The number of hydrogen-bond acceptors (Lipinski definition) is 5. The number of carbonyl (C=O) groups excluding carboxylic acids is 1. The average molecular weight is 420 g/mol. The minimum Gasteiger partial charge on any atom is -0.479 e. The Morgan fingerprint density at radius 2 is 2.04 bits per heavy atom. The molecule has 1 aliphatic rings. The number of carboxylic acids is 1. The summed E-state index contributed by atoms with van der Waals surface area (Å²) in [6.45, 7) is 1.45. The van der Waals surface area contributed by atoms with Gasteiger partial charge in [0.2, 0.25) is 0 Å². The minimum absolute atomic E-state index is 0.238. The molecule has 5 nitrogen and oxygen atoms in total. The molecule has 2 aromatic carbocycles. The van der Waals surface area contributed by atoms with Gasteiger partial charge in [0, 0.05) is 5.02 Å². The summed E-state index contributed by atoms with van der Waals surface area (Å²) in [6, 6.07) is 13.8. The zero-order chi connectivity index (χ0) is 19.6. The van der Waals surface area contributed by atoms with Crippen molar-refractivity contribution in [2.24, 2.45) is 0 Å². The van der Waals surface area contributed by atoms with E-state index in [-0.39, 0.29) is 5.91 Å². The Hall–Kier alpha value is -2.35. The van der Waals surface area contributed by atoms with Crippen molar-refractivity contribution in [3.8, 4) is 5.75 Å². The fraction of sp³-hybridized carbons (Fsp3) is 0.105. The van der Waals surface area contributed by atoms with Crippen molar-refractivity contribution in [3.05, 3.63) is 64.0 Å². The largest absolute Gasteiger partial charge is 0.479 e. The SMILES string of the molecule is CC(Oc1cccc(/C=C2/SC(=S)N(c3cccc(Cl)c3)C2=O)c1)C(=O)O. The number of thioether (sulfide) groups is 1. The van der Waals surface area contributed by atoms with Crippen LogP contribution in [0, 0.1) is 0 Å². The highest BCUT2D eigenvalue weighted by Crippen LogP contribution is 2.36. The highest BCUT2D eigenvalue weighted by Gasteiger charge is 2.33. The van der Waals surface area contributed by atoms with Crippen molar-refractivity contribution in [1.82, 2.24) is 0 Å². The van der Waals surface area contributed by atoms with Crippen LogP contribution in [0.3, 0.4) is 0 Å². The van der Waals surface area contributed by atoms with Gasteiger partial charge in [0.25, 0.3) is 5.91 Å². The number of rotatable bonds is 5. The molecule has 0 aliphatic carbocycles. The Morgan fingerprint density at radius 1 is 1.30 bits per heavy atom. The van der Waals surface area contributed by atoms with Crippen LogP contribution in [0.4, 0.5) is 5.69 Å². The third-order valence-corrected chi connectivity index (χ3v) is 5.21. The summed E-state index contributed by atoms with van der Waals surface area (Å²) in [7, 11) is 0. The number of thiocarbonyl (C=S) groups is 1. The van der Waals surface area contributed by atoms with Gasteiger partial charge in [0.15, 0.2) is 10.4 Å². The number of aliphatic carboxylic acids is 1.